The van der Waals surface area contributed by atoms with Gasteiger partial charge < -0.3 is 15.5 Å². The van der Waals surface area contributed by atoms with Crippen LogP contribution in [0.15, 0.2) is 18.2 Å². The fraction of sp³-hybridized carbons (Fsp3) is 0.643. The maximum absolute atomic E-state index is 5.67. The van der Waals surface area contributed by atoms with Gasteiger partial charge in [-0.15, -0.1) is 12.4 Å². The summed E-state index contributed by atoms with van der Waals surface area (Å²) < 4.78 is 0. The molecule has 5 heteroatoms. The Balaban J connectivity index is 0.00000133. The molecular weight excluding hydrogens is 260 g/mol. The summed E-state index contributed by atoms with van der Waals surface area (Å²) in [5, 5.41) is 0. The largest absolute Gasteiger partial charge is 0.357 e. The highest BCUT2D eigenvalue weighted by atomic mass is 35.5. The molecule has 2 fully saturated rings. The number of nitrogens with two attached hydrogens (primary N) is 1. The van der Waals surface area contributed by atoms with Crippen LogP contribution in [0.4, 0.5) is 11.6 Å². The molecular formula is C14H23ClN4. The predicted molar refractivity (Wildman–Crippen MR) is 82.3 cm³/mol. The van der Waals surface area contributed by atoms with Crippen molar-refractivity contribution in [1.82, 2.24) is 4.98 Å². The van der Waals surface area contributed by atoms with Crippen molar-refractivity contribution in [2.45, 2.75) is 19.3 Å². The van der Waals surface area contributed by atoms with Crippen molar-refractivity contribution < 1.29 is 0 Å². The third-order valence-corrected chi connectivity index (χ3v) is 4.01. The van der Waals surface area contributed by atoms with Crippen molar-refractivity contribution in [2.75, 3.05) is 42.5 Å². The summed E-state index contributed by atoms with van der Waals surface area (Å²) in [6.07, 6.45) is 3.95. The third kappa shape index (κ3) is 3.12. The molecule has 1 aromatic rings. The summed E-state index contributed by atoms with van der Waals surface area (Å²) in [5.41, 5.74) is 5.67. The quantitative estimate of drug-likeness (QED) is 0.920. The number of piperidine rings is 1. The van der Waals surface area contributed by atoms with E-state index in [1.807, 2.05) is 0 Å². The normalized spacial score (nSPS) is 19.8. The van der Waals surface area contributed by atoms with Crippen LogP contribution in [0.3, 0.4) is 0 Å². The molecule has 4 nitrogen and oxygen atoms in total. The van der Waals surface area contributed by atoms with Crippen LogP contribution in [-0.4, -0.2) is 37.7 Å². The fourth-order valence-corrected chi connectivity index (χ4v) is 2.79. The van der Waals surface area contributed by atoms with Gasteiger partial charge in [0.25, 0.3) is 0 Å². The van der Waals surface area contributed by atoms with Crippen LogP contribution in [0, 0.1) is 5.92 Å². The molecule has 2 aliphatic heterocycles. The highest BCUT2D eigenvalue weighted by molar-refractivity contribution is 5.85. The minimum Gasteiger partial charge on any atom is -0.357 e. The number of pyridine rings is 1. The van der Waals surface area contributed by atoms with Gasteiger partial charge in [-0.25, -0.2) is 4.98 Å². The van der Waals surface area contributed by atoms with Gasteiger partial charge >= 0.3 is 0 Å². The standard InChI is InChI=1S/C14H22N4.ClH/c15-9-12-10-18(11-12)14-6-4-5-13(16-14)17-7-2-1-3-8-17;/h4-6,12H,1-3,7-11,15H2;1H. The van der Waals surface area contributed by atoms with E-state index in [1.54, 1.807) is 0 Å². The van der Waals surface area contributed by atoms with Crippen LogP contribution < -0.4 is 15.5 Å². The molecule has 0 aromatic carbocycles. The molecule has 0 unspecified atom stereocenters. The van der Waals surface area contributed by atoms with E-state index in [1.165, 1.54) is 19.3 Å². The number of anilines is 2. The summed E-state index contributed by atoms with van der Waals surface area (Å²) in [4.78, 5) is 9.53. The molecule has 2 saturated heterocycles. The minimum atomic E-state index is 0. The lowest BCUT2D eigenvalue weighted by Crippen LogP contribution is -2.50. The molecule has 106 valence electrons. The van der Waals surface area contributed by atoms with Crippen molar-refractivity contribution in [3.63, 3.8) is 0 Å². The topological polar surface area (TPSA) is 45.4 Å². The highest BCUT2D eigenvalue weighted by Crippen LogP contribution is 2.25. The van der Waals surface area contributed by atoms with Crippen LogP contribution >= 0.6 is 12.4 Å². The first-order valence-electron chi connectivity index (χ1n) is 7.04. The number of rotatable bonds is 3. The zero-order chi connectivity index (χ0) is 12.4. The van der Waals surface area contributed by atoms with Crippen LogP contribution in [0.25, 0.3) is 0 Å². The molecule has 3 heterocycles. The lowest BCUT2D eigenvalue weighted by molar-refractivity contribution is 0.417. The van der Waals surface area contributed by atoms with Crippen LogP contribution in [-0.2, 0) is 0 Å². The Hall–Kier alpha value is -1.00. The summed E-state index contributed by atoms with van der Waals surface area (Å²) in [5.74, 6) is 2.91. The van der Waals surface area contributed by atoms with Gasteiger partial charge in [0.2, 0.25) is 0 Å². The van der Waals surface area contributed by atoms with E-state index in [0.717, 1.165) is 44.4 Å². The summed E-state index contributed by atoms with van der Waals surface area (Å²) in [6, 6.07) is 6.37. The summed E-state index contributed by atoms with van der Waals surface area (Å²) in [7, 11) is 0. The van der Waals surface area contributed by atoms with Crippen LogP contribution in [0.1, 0.15) is 19.3 Å². The van der Waals surface area contributed by atoms with Crippen molar-refractivity contribution in [1.29, 1.82) is 0 Å². The Kier molecular flexibility index (Phi) is 4.88. The number of nitrogens with zero attached hydrogens (tertiary/aromatic N) is 3. The lowest BCUT2D eigenvalue weighted by atomic mass is 10.0. The van der Waals surface area contributed by atoms with Gasteiger partial charge in [0.1, 0.15) is 11.6 Å². The monoisotopic (exact) mass is 282 g/mol. The van der Waals surface area contributed by atoms with E-state index in [9.17, 15) is 0 Å². The average molecular weight is 283 g/mol. The Labute approximate surface area is 121 Å². The van der Waals surface area contributed by atoms with E-state index in [-0.39, 0.29) is 12.4 Å². The first kappa shape index (κ1) is 14.4. The average Bonchev–Trinajstić information content (AvgIpc) is 2.39. The molecule has 0 atom stereocenters. The molecule has 2 N–H and O–H groups in total. The number of aromatic nitrogens is 1. The molecule has 0 spiro atoms. The minimum absolute atomic E-state index is 0. The first-order chi connectivity index (χ1) is 8.86. The molecule has 0 saturated carbocycles. The fourth-order valence-electron chi connectivity index (χ4n) is 2.79. The van der Waals surface area contributed by atoms with Crippen molar-refractivity contribution in [2.24, 2.45) is 11.7 Å². The predicted octanol–water partition coefficient (Wildman–Crippen LogP) is 1.89. The molecule has 1 aromatic heterocycles. The Bertz CT molecular complexity index is 400. The van der Waals surface area contributed by atoms with Crippen molar-refractivity contribution >= 4 is 24.0 Å². The highest BCUT2D eigenvalue weighted by Gasteiger charge is 2.26. The second-order valence-electron chi connectivity index (χ2n) is 5.41. The maximum atomic E-state index is 5.67. The van der Waals surface area contributed by atoms with Crippen molar-refractivity contribution in [3.05, 3.63) is 18.2 Å². The molecule has 0 aliphatic carbocycles. The number of hydrogen-bond donors (Lipinski definition) is 1. The Morgan fingerprint density at radius 2 is 1.68 bits per heavy atom. The van der Waals surface area contributed by atoms with Crippen LogP contribution in [0.5, 0.6) is 0 Å². The molecule has 0 radical (unpaired) electrons. The lowest BCUT2D eigenvalue weighted by Gasteiger charge is -2.40. The van der Waals surface area contributed by atoms with Gasteiger partial charge in [0.05, 0.1) is 0 Å². The van der Waals surface area contributed by atoms with E-state index in [4.69, 9.17) is 10.7 Å². The molecule has 19 heavy (non-hydrogen) atoms. The zero-order valence-electron chi connectivity index (χ0n) is 11.3. The second-order valence-corrected chi connectivity index (χ2v) is 5.41. The maximum Gasteiger partial charge on any atom is 0.130 e. The van der Waals surface area contributed by atoms with E-state index in [2.05, 4.69) is 28.0 Å². The first-order valence-corrected chi connectivity index (χ1v) is 7.04. The van der Waals surface area contributed by atoms with E-state index >= 15 is 0 Å². The van der Waals surface area contributed by atoms with Gasteiger partial charge in [-0.05, 0) is 37.9 Å². The van der Waals surface area contributed by atoms with Gasteiger partial charge in [0, 0.05) is 32.1 Å². The molecule has 2 aliphatic rings. The van der Waals surface area contributed by atoms with Crippen LogP contribution in [0.2, 0.25) is 0 Å². The van der Waals surface area contributed by atoms with E-state index < -0.39 is 0 Å². The number of halogens is 1. The summed E-state index contributed by atoms with van der Waals surface area (Å²) >= 11 is 0. The van der Waals surface area contributed by atoms with Gasteiger partial charge in [0.15, 0.2) is 0 Å². The summed E-state index contributed by atoms with van der Waals surface area (Å²) in [6.45, 7) is 5.23. The smallest absolute Gasteiger partial charge is 0.130 e. The SMILES string of the molecule is Cl.NCC1CN(c2cccc(N3CCCCC3)n2)C1. The molecule has 0 bridgehead atoms. The Morgan fingerprint density at radius 3 is 2.32 bits per heavy atom. The number of hydrogen-bond acceptors (Lipinski definition) is 4. The third-order valence-electron chi connectivity index (χ3n) is 4.01. The molecule has 3 rings (SSSR count). The second kappa shape index (κ2) is 6.44. The van der Waals surface area contributed by atoms with E-state index in [0.29, 0.717) is 5.92 Å². The Morgan fingerprint density at radius 1 is 1.05 bits per heavy atom. The van der Waals surface area contributed by atoms with Gasteiger partial charge in [-0.3, -0.25) is 0 Å². The van der Waals surface area contributed by atoms with Gasteiger partial charge in [-0.2, -0.15) is 0 Å². The zero-order valence-corrected chi connectivity index (χ0v) is 12.1. The van der Waals surface area contributed by atoms with Gasteiger partial charge in [-0.1, -0.05) is 6.07 Å². The van der Waals surface area contributed by atoms with Crippen molar-refractivity contribution in [3.8, 4) is 0 Å². The molecule has 0 amide bonds.